The predicted molar refractivity (Wildman–Crippen MR) is 237 cm³/mol. The molecule has 0 aromatic carbocycles. The summed E-state index contributed by atoms with van der Waals surface area (Å²) in [5, 5.41) is 118. The molecule has 14 unspecified atom stereocenters. The van der Waals surface area contributed by atoms with Crippen molar-refractivity contribution in [3.63, 3.8) is 0 Å². The molecule has 18 heteroatoms. The van der Waals surface area contributed by atoms with E-state index in [1.54, 1.807) is 38.2 Å². The number of carbonyl (C=O) groups excluding carboxylic acids is 1. The summed E-state index contributed by atoms with van der Waals surface area (Å²) in [7, 11) is 0. The first-order valence-electron chi connectivity index (χ1n) is 22.6. The van der Waals surface area contributed by atoms with Gasteiger partial charge in [0.2, 0.25) is 0 Å². The Kier molecular flexibility index (Phi) is 23.8. The molecule has 0 radical (unpaired) electrons. The number of aliphatic hydroxyl groups is 10. The maximum Gasteiger partial charge on any atom is 0.311 e. The van der Waals surface area contributed by atoms with Gasteiger partial charge in [-0.1, -0.05) is 86.8 Å². The summed E-state index contributed by atoms with van der Waals surface area (Å²) in [6.45, 7) is 6.78. The van der Waals surface area contributed by atoms with E-state index in [4.69, 9.17) is 24.7 Å². The molecule has 0 aliphatic carbocycles. The fourth-order valence-electron chi connectivity index (χ4n) is 8.11. The quantitative estimate of drug-likeness (QED) is 0.175. The number of cyclic esters (lactones) is 1. The Balaban J connectivity index is 1.84. The molecule has 13 N–H and O–H groups in total. The Bertz CT molecular complexity index is 1620. The molecule has 0 saturated carbocycles. The molecule has 2 bridgehead atoms. The molecule has 3 rings (SSSR count). The lowest BCUT2D eigenvalue weighted by Crippen LogP contribution is -2.61. The van der Waals surface area contributed by atoms with Gasteiger partial charge in [0.05, 0.1) is 79.6 Å². The summed E-state index contributed by atoms with van der Waals surface area (Å²) in [4.78, 5) is 25.1. The summed E-state index contributed by atoms with van der Waals surface area (Å²) in [5.74, 6) is -6.82. The van der Waals surface area contributed by atoms with Crippen LogP contribution in [-0.2, 0) is 28.5 Å². The minimum Gasteiger partial charge on any atom is -0.481 e. The number of carboxylic acids is 1. The van der Waals surface area contributed by atoms with E-state index in [-0.39, 0.29) is 38.0 Å². The van der Waals surface area contributed by atoms with Crippen LogP contribution in [0.1, 0.15) is 91.9 Å². The molecule has 2 fully saturated rings. The lowest BCUT2D eigenvalue weighted by Gasteiger charge is -2.45. The second-order valence-corrected chi connectivity index (χ2v) is 17.8. The van der Waals surface area contributed by atoms with Gasteiger partial charge in [-0.05, 0) is 52.4 Å². The van der Waals surface area contributed by atoms with Gasteiger partial charge in [0.25, 0.3) is 0 Å². The summed E-state index contributed by atoms with van der Waals surface area (Å²) in [5.41, 5.74) is 6.02. The fraction of sp³-hybridized carbons (Fsp3) is 0.702. The number of carbonyl (C=O) groups is 2. The van der Waals surface area contributed by atoms with Crippen LogP contribution < -0.4 is 5.73 Å². The van der Waals surface area contributed by atoms with Crippen LogP contribution in [0.3, 0.4) is 0 Å². The van der Waals surface area contributed by atoms with Crippen LogP contribution in [0.25, 0.3) is 0 Å². The molecular weight excluding hydrogens is 851 g/mol. The molecule has 65 heavy (non-hydrogen) atoms. The fourth-order valence-corrected chi connectivity index (χ4v) is 8.11. The van der Waals surface area contributed by atoms with Crippen molar-refractivity contribution in [2.45, 2.75) is 189 Å². The number of rotatable bonds is 3. The third-order valence-corrected chi connectivity index (χ3v) is 12.2. The molecule has 0 spiro atoms. The van der Waals surface area contributed by atoms with Gasteiger partial charge in [0.15, 0.2) is 12.1 Å². The smallest absolute Gasteiger partial charge is 0.311 e. The second kappa shape index (κ2) is 27.6. The van der Waals surface area contributed by atoms with Crippen LogP contribution in [0.4, 0.5) is 0 Å². The van der Waals surface area contributed by atoms with Crippen LogP contribution in [0.5, 0.6) is 0 Å². The van der Waals surface area contributed by atoms with Crippen molar-refractivity contribution in [2.24, 2.45) is 23.5 Å². The Morgan fingerprint density at radius 2 is 1.28 bits per heavy atom. The predicted octanol–water partition coefficient (Wildman–Crippen LogP) is 0.936. The minimum absolute atomic E-state index is 0.138. The third-order valence-electron chi connectivity index (χ3n) is 12.2. The van der Waals surface area contributed by atoms with E-state index in [0.29, 0.717) is 0 Å². The van der Waals surface area contributed by atoms with Crippen molar-refractivity contribution in [3.8, 4) is 0 Å². The van der Waals surface area contributed by atoms with Crippen molar-refractivity contribution in [1.82, 2.24) is 0 Å². The average molecular weight is 926 g/mol. The zero-order valence-corrected chi connectivity index (χ0v) is 37.8. The SMILES string of the molecule is CC1/C=C\C=C/CC\C=C/C=C\C=C/C=C\C(O[C@@H]2O[C@H](C)[C@@H](O)[C@H](N)[C@@H]2O)CC2OC(O)(CC(O)C(O)CCC(O)CC(O)CC(O)CC(=O)OC(C)C(C)C1O)CC(O)C2C(=O)O. The number of fused-ring (bicyclic) bond motifs is 2. The van der Waals surface area contributed by atoms with Gasteiger partial charge >= 0.3 is 11.9 Å². The summed E-state index contributed by atoms with van der Waals surface area (Å²) >= 11 is 0. The first-order chi connectivity index (χ1) is 30.6. The number of aliphatic carboxylic acids is 1. The van der Waals surface area contributed by atoms with Crippen molar-refractivity contribution < 1.29 is 84.7 Å². The molecule has 0 aromatic rings. The highest BCUT2D eigenvalue weighted by molar-refractivity contribution is 5.71. The lowest BCUT2D eigenvalue weighted by molar-refractivity contribution is -0.310. The molecule has 0 aromatic heterocycles. The minimum atomic E-state index is -2.35. The van der Waals surface area contributed by atoms with Crippen LogP contribution in [0, 0.1) is 17.8 Å². The van der Waals surface area contributed by atoms with Crippen LogP contribution >= 0.6 is 0 Å². The van der Waals surface area contributed by atoms with Crippen molar-refractivity contribution in [3.05, 3.63) is 72.9 Å². The monoisotopic (exact) mass is 926 g/mol. The lowest BCUT2D eigenvalue weighted by atomic mass is 9.82. The van der Waals surface area contributed by atoms with E-state index >= 15 is 0 Å². The van der Waals surface area contributed by atoms with Crippen LogP contribution in [0.15, 0.2) is 72.9 Å². The summed E-state index contributed by atoms with van der Waals surface area (Å²) in [6.07, 6.45) is 2.28. The van der Waals surface area contributed by atoms with Gasteiger partial charge in [-0.15, -0.1) is 0 Å². The Labute approximate surface area is 381 Å². The number of ether oxygens (including phenoxy) is 4. The number of esters is 1. The van der Waals surface area contributed by atoms with E-state index in [9.17, 15) is 65.8 Å². The summed E-state index contributed by atoms with van der Waals surface area (Å²) < 4.78 is 23.2. The Morgan fingerprint density at radius 1 is 0.692 bits per heavy atom. The highest BCUT2D eigenvalue weighted by Crippen LogP contribution is 2.38. The van der Waals surface area contributed by atoms with Gasteiger partial charge in [-0.25, -0.2) is 0 Å². The molecule has 3 aliphatic heterocycles. The molecule has 370 valence electrons. The maximum absolute atomic E-state index is 12.6. The molecule has 3 heterocycles. The first-order valence-corrected chi connectivity index (χ1v) is 22.6. The van der Waals surface area contributed by atoms with Gasteiger partial charge in [0.1, 0.15) is 18.1 Å². The van der Waals surface area contributed by atoms with E-state index in [0.717, 1.165) is 12.8 Å². The Hall–Kier alpha value is -3.18. The van der Waals surface area contributed by atoms with E-state index in [2.05, 4.69) is 0 Å². The first kappa shape index (κ1) is 56.1. The van der Waals surface area contributed by atoms with Gasteiger partial charge < -0.3 is 80.9 Å². The molecule has 0 amide bonds. The number of carboxylic acid groups (broad SMARTS) is 1. The molecule has 3 aliphatic rings. The largest absolute Gasteiger partial charge is 0.481 e. The van der Waals surface area contributed by atoms with Crippen molar-refractivity contribution >= 4 is 11.9 Å². The van der Waals surface area contributed by atoms with Gasteiger partial charge in [0, 0.05) is 31.1 Å². The van der Waals surface area contributed by atoms with E-state index in [1.165, 1.54) is 13.0 Å². The molecular formula is C47H75NO17. The standard InChI is InChI=1S/C47H75NO17/c1-27-17-15-13-11-9-7-5-6-8-10-12-14-16-18-34(64-46-44(58)41(48)43(57)30(4)63-46)24-38-40(45(59)60)37(54)26-47(61,65-38)25-36(53)35(52)20-19-31(49)21-32(50)22-33(51)23-39(55)62-29(3)28(2)42(27)56/h5-6,8,10-18,27-38,40-44,46,49-54,56-58,61H,7,9,19-26,48H2,1-4H3,(H,59,60)/b6-5-,10-8-,13-11-,14-12-,17-15-,18-16-/t27?,28?,29?,30-,31?,32?,33?,34?,35?,36?,37?,38?,40?,41+,42?,43-,44+,46+,47?/m1/s1. The van der Waals surface area contributed by atoms with Gasteiger partial charge in [-0.3, -0.25) is 9.59 Å². The highest BCUT2D eigenvalue weighted by atomic mass is 16.7. The third kappa shape index (κ3) is 18.8. The second-order valence-electron chi connectivity index (χ2n) is 17.8. The molecule has 18 nitrogen and oxygen atoms in total. The Morgan fingerprint density at radius 3 is 1.94 bits per heavy atom. The van der Waals surface area contributed by atoms with E-state index < -0.39 is 141 Å². The number of hydrogen-bond acceptors (Lipinski definition) is 17. The number of allylic oxidation sites excluding steroid dienone is 10. The molecule has 19 atom stereocenters. The van der Waals surface area contributed by atoms with Crippen LogP contribution in [0.2, 0.25) is 0 Å². The van der Waals surface area contributed by atoms with Crippen molar-refractivity contribution in [2.75, 3.05) is 0 Å². The summed E-state index contributed by atoms with van der Waals surface area (Å²) in [6, 6.07) is -1.14. The zero-order valence-electron chi connectivity index (χ0n) is 37.8. The highest BCUT2D eigenvalue weighted by Gasteiger charge is 2.51. The number of aliphatic hydroxyl groups excluding tert-OH is 9. The maximum atomic E-state index is 12.6. The zero-order chi connectivity index (χ0) is 48.4. The number of nitrogens with two attached hydrogens (primary N) is 1. The van der Waals surface area contributed by atoms with Gasteiger partial charge in [-0.2, -0.15) is 0 Å². The van der Waals surface area contributed by atoms with Crippen LogP contribution in [-0.4, -0.2) is 166 Å². The normalized spacial score (nSPS) is 45.2. The average Bonchev–Trinajstić information content (AvgIpc) is 3.21. The van der Waals surface area contributed by atoms with Crippen molar-refractivity contribution in [1.29, 1.82) is 0 Å². The topological polar surface area (TPSA) is 320 Å². The molecule has 2 saturated heterocycles. The number of hydrogen-bond donors (Lipinski definition) is 12. The van der Waals surface area contributed by atoms with E-state index in [1.807, 2.05) is 49.5 Å².